The monoisotopic (exact) mass is 348 g/mol. The average Bonchev–Trinajstić information content (AvgIpc) is 3.23. The summed E-state index contributed by atoms with van der Waals surface area (Å²) in [5, 5.41) is 7.79. The molecule has 2 atom stereocenters. The van der Waals surface area contributed by atoms with E-state index in [0.717, 1.165) is 25.3 Å². The van der Waals surface area contributed by atoms with Gasteiger partial charge < -0.3 is 10.1 Å². The van der Waals surface area contributed by atoms with E-state index in [4.69, 9.17) is 9.84 Å². The van der Waals surface area contributed by atoms with Crippen molar-refractivity contribution in [3.63, 3.8) is 0 Å². The van der Waals surface area contributed by atoms with Crippen molar-refractivity contribution in [1.82, 2.24) is 20.0 Å². The Kier molecular flexibility index (Phi) is 5.21. The van der Waals surface area contributed by atoms with Gasteiger partial charge in [0.25, 0.3) is 5.91 Å². The van der Waals surface area contributed by atoms with E-state index in [1.54, 1.807) is 0 Å². The van der Waals surface area contributed by atoms with Crippen LogP contribution in [0, 0.1) is 0 Å². The molecule has 1 aliphatic heterocycles. The van der Waals surface area contributed by atoms with Crippen LogP contribution in [0.2, 0.25) is 0 Å². The molecule has 6 heteroatoms. The SMILES string of the molecule is C[C@H]1CN(CCNC(=O)c2cc(C3CC3)nn2C(C)(C)C)C[C@H](C)O1. The zero-order chi connectivity index (χ0) is 18.2. The molecule has 1 aromatic rings. The van der Waals surface area contributed by atoms with Gasteiger partial charge in [0, 0.05) is 32.1 Å². The number of carbonyl (C=O) groups is 1. The summed E-state index contributed by atoms with van der Waals surface area (Å²) in [5.74, 6) is 0.523. The van der Waals surface area contributed by atoms with E-state index in [9.17, 15) is 4.79 Å². The first kappa shape index (κ1) is 18.4. The number of aromatic nitrogens is 2. The Labute approximate surface area is 150 Å². The summed E-state index contributed by atoms with van der Waals surface area (Å²) in [6.45, 7) is 13.8. The lowest BCUT2D eigenvalue weighted by Gasteiger charge is -2.35. The number of rotatable bonds is 5. The molecule has 0 radical (unpaired) electrons. The first-order valence-corrected chi connectivity index (χ1v) is 9.50. The Balaban J connectivity index is 1.59. The Bertz CT molecular complexity index is 605. The van der Waals surface area contributed by atoms with Crippen LogP contribution in [0.25, 0.3) is 0 Å². The molecule has 0 unspecified atom stereocenters. The number of amides is 1. The number of morpholine rings is 1. The quantitative estimate of drug-likeness (QED) is 0.887. The fourth-order valence-corrected chi connectivity index (χ4v) is 3.54. The van der Waals surface area contributed by atoms with Crippen LogP contribution in [0.1, 0.15) is 69.6 Å². The molecule has 0 spiro atoms. The fraction of sp³-hybridized carbons (Fsp3) is 0.789. The van der Waals surface area contributed by atoms with Crippen molar-refractivity contribution in [3.05, 3.63) is 17.5 Å². The zero-order valence-electron chi connectivity index (χ0n) is 16.2. The van der Waals surface area contributed by atoms with Gasteiger partial charge in [-0.2, -0.15) is 5.10 Å². The minimum absolute atomic E-state index is 0.0244. The van der Waals surface area contributed by atoms with Crippen molar-refractivity contribution in [1.29, 1.82) is 0 Å². The molecular weight excluding hydrogens is 316 g/mol. The minimum Gasteiger partial charge on any atom is -0.373 e. The topological polar surface area (TPSA) is 59.4 Å². The van der Waals surface area contributed by atoms with Crippen molar-refractivity contribution in [2.75, 3.05) is 26.2 Å². The third-order valence-electron chi connectivity index (χ3n) is 4.80. The molecule has 1 amide bonds. The molecule has 3 rings (SSSR count). The predicted molar refractivity (Wildman–Crippen MR) is 98.0 cm³/mol. The largest absolute Gasteiger partial charge is 0.373 e. The van der Waals surface area contributed by atoms with Gasteiger partial charge in [-0.25, -0.2) is 0 Å². The van der Waals surface area contributed by atoms with Crippen LogP contribution in [0.15, 0.2) is 6.07 Å². The molecule has 25 heavy (non-hydrogen) atoms. The average molecular weight is 348 g/mol. The lowest BCUT2D eigenvalue weighted by atomic mass is 10.1. The summed E-state index contributed by atoms with van der Waals surface area (Å²) in [6.07, 6.45) is 2.89. The predicted octanol–water partition coefficient (Wildman–Crippen LogP) is 2.35. The number of ether oxygens (including phenoxy) is 1. The Morgan fingerprint density at radius 3 is 2.48 bits per heavy atom. The molecule has 6 nitrogen and oxygen atoms in total. The van der Waals surface area contributed by atoms with Gasteiger partial charge in [0.1, 0.15) is 5.69 Å². The van der Waals surface area contributed by atoms with Crippen LogP contribution in [-0.4, -0.2) is 59.0 Å². The van der Waals surface area contributed by atoms with E-state index in [1.165, 1.54) is 12.8 Å². The molecule has 2 aliphatic rings. The van der Waals surface area contributed by atoms with Crippen molar-refractivity contribution >= 4 is 5.91 Å². The lowest BCUT2D eigenvalue weighted by Crippen LogP contribution is -2.48. The highest BCUT2D eigenvalue weighted by Crippen LogP contribution is 2.40. The fourth-order valence-electron chi connectivity index (χ4n) is 3.54. The highest BCUT2D eigenvalue weighted by molar-refractivity contribution is 5.92. The highest BCUT2D eigenvalue weighted by atomic mass is 16.5. The second-order valence-corrected chi connectivity index (χ2v) is 8.58. The summed E-state index contributed by atoms with van der Waals surface area (Å²) < 4.78 is 7.64. The smallest absolute Gasteiger partial charge is 0.269 e. The van der Waals surface area contributed by atoms with Gasteiger partial charge in [-0.3, -0.25) is 14.4 Å². The Morgan fingerprint density at radius 1 is 1.28 bits per heavy atom. The maximum Gasteiger partial charge on any atom is 0.269 e. The molecule has 0 aromatic carbocycles. The third kappa shape index (κ3) is 4.61. The van der Waals surface area contributed by atoms with Crippen LogP contribution in [0.4, 0.5) is 0 Å². The minimum atomic E-state index is -0.200. The zero-order valence-corrected chi connectivity index (χ0v) is 16.2. The summed E-state index contributed by atoms with van der Waals surface area (Å²) >= 11 is 0. The number of nitrogens with zero attached hydrogens (tertiary/aromatic N) is 3. The molecule has 140 valence electrons. The Morgan fingerprint density at radius 2 is 1.92 bits per heavy atom. The van der Waals surface area contributed by atoms with Crippen molar-refractivity contribution in [2.45, 2.75) is 71.1 Å². The maximum atomic E-state index is 12.7. The summed E-state index contributed by atoms with van der Waals surface area (Å²) in [7, 11) is 0. The molecule has 0 bridgehead atoms. The van der Waals surface area contributed by atoms with Gasteiger partial charge in [0.2, 0.25) is 0 Å². The lowest BCUT2D eigenvalue weighted by molar-refractivity contribution is -0.0672. The van der Waals surface area contributed by atoms with Crippen molar-refractivity contribution in [3.8, 4) is 0 Å². The normalized spacial score (nSPS) is 25.2. The number of nitrogens with one attached hydrogen (secondary N) is 1. The second-order valence-electron chi connectivity index (χ2n) is 8.58. The molecule has 1 aromatic heterocycles. The highest BCUT2D eigenvalue weighted by Gasteiger charge is 2.31. The molecule has 2 heterocycles. The van der Waals surface area contributed by atoms with E-state index >= 15 is 0 Å². The first-order valence-electron chi connectivity index (χ1n) is 9.50. The molecule has 1 saturated carbocycles. The molecule has 1 N–H and O–H groups in total. The van der Waals surface area contributed by atoms with E-state index in [2.05, 4.69) is 44.8 Å². The summed E-state index contributed by atoms with van der Waals surface area (Å²) in [6, 6.07) is 1.98. The summed E-state index contributed by atoms with van der Waals surface area (Å²) in [4.78, 5) is 15.1. The van der Waals surface area contributed by atoms with Crippen LogP contribution >= 0.6 is 0 Å². The van der Waals surface area contributed by atoms with Gasteiger partial charge in [0.05, 0.1) is 23.4 Å². The van der Waals surface area contributed by atoms with E-state index in [0.29, 0.717) is 18.2 Å². The van der Waals surface area contributed by atoms with Crippen molar-refractivity contribution < 1.29 is 9.53 Å². The van der Waals surface area contributed by atoms with Gasteiger partial charge in [0.15, 0.2) is 0 Å². The molecule has 1 saturated heterocycles. The third-order valence-corrected chi connectivity index (χ3v) is 4.80. The Hall–Kier alpha value is -1.40. The number of hydrogen-bond donors (Lipinski definition) is 1. The molecule has 2 fully saturated rings. The van der Waals surface area contributed by atoms with Crippen molar-refractivity contribution in [2.24, 2.45) is 0 Å². The summed E-state index contributed by atoms with van der Waals surface area (Å²) in [5.41, 5.74) is 1.54. The molecule has 1 aliphatic carbocycles. The van der Waals surface area contributed by atoms with E-state index in [1.807, 2.05) is 10.7 Å². The number of carbonyl (C=O) groups excluding carboxylic acids is 1. The first-order chi connectivity index (χ1) is 11.7. The molecular formula is C19H32N4O2. The van der Waals surface area contributed by atoms with Crippen LogP contribution in [0.3, 0.4) is 0 Å². The maximum absolute atomic E-state index is 12.7. The standard InChI is InChI=1S/C19H32N4O2/c1-13-11-22(12-14(2)25-13)9-8-20-18(24)17-10-16(15-6-7-15)21-23(17)19(3,4)5/h10,13-15H,6-9,11-12H2,1-5H3,(H,20,24)/t13-,14-/m0/s1. The van der Waals surface area contributed by atoms with Crippen LogP contribution < -0.4 is 5.32 Å². The van der Waals surface area contributed by atoms with Crippen LogP contribution in [-0.2, 0) is 10.3 Å². The second kappa shape index (κ2) is 7.08. The van der Waals surface area contributed by atoms with Gasteiger partial charge in [-0.05, 0) is 53.5 Å². The van der Waals surface area contributed by atoms with E-state index < -0.39 is 0 Å². The van der Waals surface area contributed by atoms with Gasteiger partial charge in [-0.15, -0.1) is 0 Å². The van der Waals surface area contributed by atoms with Gasteiger partial charge in [-0.1, -0.05) is 0 Å². The van der Waals surface area contributed by atoms with Gasteiger partial charge >= 0.3 is 0 Å². The number of hydrogen-bond acceptors (Lipinski definition) is 4. The van der Waals surface area contributed by atoms with E-state index in [-0.39, 0.29) is 23.7 Å². The van der Waals surface area contributed by atoms with Crippen LogP contribution in [0.5, 0.6) is 0 Å².